The predicted octanol–water partition coefficient (Wildman–Crippen LogP) is 1.82. The number of ether oxygens (including phenoxy) is 2. The first kappa shape index (κ1) is 18.5. The molecule has 1 heterocycles. The number of hydrogen-bond acceptors (Lipinski definition) is 5. The highest BCUT2D eigenvalue weighted by molar-refractivity contribution is 5.78. The SMILES string of the molecule is COC(=O)C1CCC(N2C(=O)NCC2c2ccc(OCCN)cc2)CC1. The lowest BCUT2D eigenvalue weighted by Gasteiger charge is -2.36. The van der Waals surface area contributed by atoms with Gasteiger partial charge in [-0.25, -0.2) is 4.79 Å². The quantitative estimate of drug-likeness (QED) is 0.754. The smallest absolute Gasteiger partial charge is 0.318 e. The predicted molar refractivity (Wildman–Crippen MR) is 96.7 cm³/mol. The molecule has 2 aliphatic rings. The minimum absolute atomic E-state index is 0.00531. The van der Waals surface area contributed by atoms with E-state index in [1.54, 1.807) is 0 Å². The zero-order valence-electron chi connectivity index (χ0n) is 15.1. The number of urea groups is 1. The van der Waals surface area contributed by atoms with Crippen LogP contribution in [-0.2, 0) is 9.53 Å². The maximum Gasteiger partial charge on any atom is 0.318 e. The van der Waals surface area contributed by atoms with Gasteiger partial charge in [0.2, 0.25) is 0 Å². The third kappa shape index (κ3) is 3.93. The number of nitrogens with two attached hydrogens (primary N) is 1. The minimum atomic E-state index is -0.140. The lowest BCUT2D eigenvalue weighted by atomic mass is 9.84. The summed E-state index contributed by atoms with van der Waals surface area (Å²) in [6.07, 6.45) is 3.17. The van der Waals surface area contributed by atoms with E-state index in [-0.39, 0.29) is 30.0 Å². The highest BCUT2D eigenvalue weighted by Gasteiger charge is 2.39. The first-order chi connectivity index (χ1) is 12.6. The van der Waals surface area contributed by atoms with Crippen LogP contribution in [0.4, 0.5) is 4.79 Å². The van der Waals surface area contributed by atoms with Gasteiger partial charge in [0.1, 0.15) is 12.4 Å². The molecule has 0 bridgehead atoms. The van der Waals surface area contributed by atoms with Crippen molar-refractivity contribution in [3.63, 3.8) is 0 Å². The van der Waals surface area contributed by atoms with E-state index in [1.807, 2.05) is 29.2 Å². The van der Waals surface area contributed by atoms with Crippen LogP contribution >= 0.6 is 0 Å². The van der Waals surface area contributed by atoms with Crippen LogP contribution < -0.4 is 15.8 Å². The first-order valence-electron chi connectivity index (χ1n) is 9.21. The molecule has 2 amide bonds. The topological polar surface area (TPSA) is 93.9 Å². The molecular formula is C19H27N3O4. The van der Waals surface area contributed by atoms with Crippen LogP contribution in [-0.4, -0.2) is 49.7 Å². The first-order valence-corrected chi connectivity index (χ1v) is 9.21. The Morgan fingerprint density at radius 2 is 1.92 bits per heavy atom. The van der Waals surface area contributed by atoms with Gasteiger partial charge >= 0.3 is 12.0 Å². The van der Waals surface area contributed by atoms with Gasteiger partial charge in [-0.05, 0) is 43.4 Å². The Labute approximate surface area is 153 Å². The van der Waals surface area contributed by atoms with Crippen molar-refractivity contribution in [2.45, 2.75) is 37.8 Å². The standard InChI is InChI=1S/C19H27N3O4/c1-25-18(23)14-2-6-15(7-3-14)22-17(12-21-19(22)24)13-4-8-16(9-5-13)26-11-10-20/h4-5,8-9,14-15,17H,2-3,6-7,10-12,20H2,1H3,(H,21,24). The van der Waals surface area contributed by atoms with E-state index in [0.717, 1.165) is 37.0 Å². The number of esters is 1. The van der Waals surface area contributed by atoms with Crippen LogP contribution in [0.5, 0.6) is 5.75 Å². The van der Waals surface area contributed by atoms with E-state index >= 15 is 0 Å². The van der Waals surface area contributed by atoms with Crippen molar-refractivity contribution in [1.82, 2.24) is 10.2 Å². The average Bonchev–Trinajstić information content (AvgIpc) is 3.07. The molecule has 1 atom stereocenters. The Morgan fingerprint density at radius 3 is 2.54 bits per heavy atom. The third-order valence-electron chi connectivity index (χ3n) is 5.29. The van der Waals surface area contributed by atoms with Gasteiger partial charge in [-0.3, -0.25) is 4.79 Å². The number of carbonyl (C=O) groups is 2. The molecule has 7 nitrogen and oxygen atoms in total. The molecule has 0 spiro atoms. The van der Waals surface area contributed by atoms with E-state index in [2.05, 4.69) is 5.32 Å². The molecule has 1 saturated heterocycles. The number of carbonyl (C=O) groups excluding carboxylic acids is 2. The van der Waals surface area contributed by atoms with Gasteiger partial charge in [0.15, 0.2) is 0 Å². The highest BCUT2D eigenvalue weighted by atomic mass is 16.5. The molecule has 3 N–H and O–H groups in total. The van der Waals surface area contributed by atoms with Crippen LogP contribution in [0.3, 0.4) is 0 Å². The molecule has 1 unspecified atom stereocenters. The van der Waals surface area contributed by atoms with Gasteiger partial charge in [0.05, 0.1) is 19.1 Å². The normalized spacial score (nSPS) is 25.7. The Kier molecular flexibility index (Phi) is 5.98. The fourth-order valence-electron chi connectivity index (χ4n) is 3.93. The zero-order chi connectivity index (χ0) is 18.5. The number of amides is 2. The molecule has 26 heavy (non-hydrogen) atoms. The Balaban J connectivity index is 1.66. The number of hydrogen-bond donors (Lipinski definition) is 2. The molecule has 1 aromatic carbocycles. The zero-order valence-corrected chi connectivity index (χ0v) is 15.1. The summed E-state index contributed by atoms with van der Waals surface area (Å²) in [7, 11) is 1.43. The van der Waals surface area contributed by atoms with Crippen molar-refractivity contribution in [2.75, 3.05) is 26.8 Å². The largest absolute Gasteiger partial charge is 0.492 e. The van der Waals surface area contributed by atoms with Gasteiger partial charge in [-0.15, -0.1) is 0 Å². The van der Waals surface area contributed by atoms with Crippen molar-refractivity contribution in [2.24, 2.45) is 11.7 Å². The summed E-state index contributed by atoms with van der Waals surface area (Å²) < 4.78 is 10.4. The van der Waals surface area contributed by atoms with Crippen molar-refractivity contribution in [3.8, 4) is 5.75 Å². The number of nitrogens with one attached hydrogen (secondary N) is 1. The van der Waals surface area contributed by atoms with E-state index in [0.29, 0.717) is 19.7 Å². The van der Waals surface area contributed by atoms with Crippen molar-refractivity contribution >= 4 is 12.0 Å². The van der Waals surface area contributed by atoms with E-state index < -0.39 is 0 Å². The molecule has 1 aliphatic heterocycles. The van der Waals surface area contributed by atoms with Crippen molar-refractivity contribution in [1.29, 1.82) is 0 Å². The van der Waals surface area contributed by atoms with Crippen molar-refractivity contribution < 1.29 is 19.1 Å². The Hall–Kier alpha value is -2.28. The van der Waals surface area contributed by atoms with E-state index in [4.69, 9.17) is 15.2 Å². The molecule has 2 fully saturated rings. The molecular weight excluding hydrogens is 334 g/mol. The summed E-state index contributed by atoms with van der Waals surface area (Å²) in [6.45, 7) is 1.56. The second-order valence-electron chi connectivity index (χ2n) is 6.84. The van der Waals surface area contributed by atoms with Crippen LogP contribution in [0.2, 0.25) is 0 Å². The third-order valence-corrected chi connectivity index (χ3v) is 5.29. The molecule has 3 rings (SSSR count). The molecule has 1 aliphatic carbocycles. The van der Waals surface area contributed by atoms with Crippen LogP contribution in [0, 0.1) is 5.92 Å². The molecule has 142 valence electrons. The van der Waals surface area contributed by atoms with Gasteiger partial charge in [0, 0.05) is 19.1 Å². The molecule has 1 saturated carbocycles. The summed E-state index contributed by atoms with van der Waals surface area (Å²) in [5.41, 5.74) is 6.53. The van der Waals surface area contributed by atoms with Gasteiger partial charge in [-0.1, -0.05) is 12.1 Å². The summed E-state index contributed by atoms with van der Waals surface area (Å²) in [4.78, 5) is 26.1. The lowest BCUT2D eigenvalue weighted by molar-refractivity contribution is -0.146. The molecule has 1 aromatic rings. The highest BCUT2D eigenvalue weighted by Crippen LogP contribution is 2.35. The van der Waals surface area contributed by atoms with Gasteiger partial charge in [0.25, 0.3) is 0 Å². The molecule has 7 heteroatoms. The summed E-state index contributed by atoms with van der Waals surface area (Å²) in [6, 6.07) is 7.97. The number of benzene rings is 1. The Bertz CT molecular complexity index is 626. The Morgan fingerprint density at radius 1 is 1.23 bits per heavy atom. The van der Waals surface area contributed by atoms with Gasteiger partial charge < -0.3 is 25.4 Å². The fourth-order valence-corrected chi connectivity index (χ4v) is 3.93. The summed E-state index contributed by atoms with van der Waals surface area (Å²) in [5, 5.41) is 2.96. The average molecular weight is 361 g/mol. The van der Waals surface area contributed by atoms with E-state index in [1.165, 1.54) is 7.11 Å². The fraction of sp³-hybridized carbons (Fsp3) is 0.579. The maximum atomic E-state index is 12.4. The number of nitrogens with zero attached hydrogens (tertiary/aromatic N) is 1. The molecule has 0 aromatic heterocycles. The van der Waals surface area contributed by atoms with Crippen LogP contribution in [0.15, 0.2) is 24.3 Å². The number of rotatable bonds is 6. The van der Waals surface area contributed by atoms with E-state index in [9.17, 15) is 9.59 Å². The van der Waals surface area contributed by atoms with Gasteiger partial charge in [-0.2, -0.15) is 0 Å². The monoisotopic (exact) mass is 361 g/mol. The summed E-state index contributed by atoms with van der Waals surface area (Å²) in [5.74, 6) is 0.597. The maximum absolute atomic E-state index is 12.4. The minimum Gasteiger partial charge on any atom is -0.492 e. The lowest BCUT2D eigenvalue weighted by Crippen LogP contribution is -2.42. The van der Waals surface area contributed by atoms with Crippen LogP contribution in [0.1, 0.15) is 37.3 Å². The summed E-state index contributed by atoms with van der Waals surface area (Å²) >= 11 is 0. The van der Waals surface area contributed by atoms with Crippen LogP contribution in [0.25, 0.3) is 0 Å². The second-order valence-corrected chi connectivity index (χ2v) is 6.84. The molecule has 0 radical (unpaired) electrons. The second kappa shape index (κ2) is 8.40. The number of methoxy groups -OCH3 is 1. The van der Waals surface area contributed by atoms with Crippen molar-refractivity contribution in [3.05, 3.63) is 29.8 Å².